The van der Waals surface area contributed by atoms with Crippen molar-refractivity contribution in [1.29, 1.82) is 0 Å². The van der Waals surface area contributed by atoms with Crippen LogP contribution >= 0.6 is 0 Å². The molecule has 9 heteroatoms. The Morgan fingerprint density at radius 3 is 1.88 bits per heavy atom. The average Bonchev–Trinajstić information content (AvgIpc) is 2.93. The molecule has 2 aromatic carbocycles. The van der Waals surface area contributed by atoms with Gasteiger partial charge in [0.05, 0.1) is 0 Å². The second-order valence-corrected chi connectivity index (χ2v) is 12.0. The van der Waals surface area contributed by atoms with Crippen LogP contribution in [0.2, 0.25) is 0 Å². The molecule has 0 bridgehead atoms. The lowest BCUT2D eigenvalue weighted by Gasteiger charge is -2.28. The van der Waals surface area contributed by atoms with Crippen molar-refractivity contribution in [3.05, 3.63) is 71.8 Å². The number of carbonyl (C=O) groups is 4. The van der Waals surface area contributed by atoms with E-state index < -0.39 is 41.6 Å². The van der Waals surface area contributed by atoms with Gasteiger partial charge in [0.25, 0.3) is 0 Å². The zero-order valence-electron chi connectivity index (χ0n) is 26.0. The first-order chi connectivity index (χ1) is 19.8. The molecule has 230 valence electrons. The fraction of sp³-hybridized carbons (Fsp3) is 0.515. The topological polar surface area (TPSA) is 126 Å². The normalized spacial score (nSPS) is 14.2. The molecule has 9 nitrogen and oxygen atoms in total. The molecule has 4 atom stereocenters. The Morgan fingerprint density at radius 1 is 0.762 bits per heavy atom. The van der Waals surface area contributed by atoms with Crippen molar-refractivity contribution in [2.45, 2.75) is 97.4 Å². The van der Waals surface area contributed by atoms with Crippen LogP contribution in [-0.2, 0) is 25.5 Å². The van der Waals surface area contributed by atoms with Gasteiger partial charge in [-0.05, 0) is 50.2 Å². The molecule has 0 aliphatic rings. The zero-order chi connectivity index (χ0) is 31.3. The van der Waals surface area contributed by atoms with Gasteiger partial charge in [0.2, 0.25) is 17.7 Å². The van der Waals surface area contributed by atoms with Crippen molar-refractivity contribution in [2.75, 3.05) is 6.54 Å². The number of ether oxygens (including phenoxy) is 1. The first-order valence-corrected chi connectivity index (χ1v) is 14.8. The van der Waals surface area contributed by atoms with Gasteiger partial charge in [0, 0.05) is 13.0 Å². The first-order valence-electron chi connectivity index (χ1n) is 14.8. The summed E-state index contributed by atoms with van der Waals surface area (Å²) < 4.78 is 5.34. The molecule has 0 aliphatic heterocycles. The van der Waals surface area contributed by atoms with Crippen molar-refractivity contribution >= 4 is 23.8 Å². The fourth-order valence-corrected chi connectivity index (χ4v) is 4.40. The van der Waals surface area contributed by atoms with Crippen LogP contribution in [0.25, 0.3) is 0 Å². The van der Waals surface area contributed by atoms with Crippen LogP contribution in [0.15, 0.2) is 60.7 Å². The Hall–Kier alpha value is -3.88. The molecular weight excluding hydrogens is 532 g/mol. The summed E-state index contributed by atoms with van der Waals surface area (Å²) in [6, 6.07) is 16.5. The lowest BCUT2D eigenvalue weighted by Crippen LogP contribution is -2.58. The zero-order valence-corrected chi connectivity index (χ0v) is 26.0. The standard InChI is InChI=1S/C33H48N4O5/c1-8-15-26(29(38)34-21-23(4)25-18-13-10-14-19-25)35-30(39)27(20-24-16-11-9-12-17-24)36-31(40)28(22(2)3)37-32(41)42-33(5,6)7/h9-14,16-19,22-23,26-28H,8,15,20-21H2,1-7H3,(H,34,38)(H,35,39)(H,36,40)(H,37,41)/t23-,26+,27+,28+/m1/s1. The number of hydrogen-bond acceptors (Lipinski definition) is 5. The molecule has 0 spiro atoms. The van der Waals surface area contributed by atoms with Crippen LogP contribution < -0.4 is 21.3 Å². The molecule has 0 heterocycles. The summed E-state index contributed by atoms with van der Waals surface area (Å²) in [4.78, 5) is 52.6. The first kappa shape index (κ1) is 34.3. The van der Waals surface area contributed by atoms with Gasteiger partial charge < -0.3 is 26.0 Å². The SMILES string of the molecule is CCC[C@H](NC(=O)[C@H](Cc1ccccc1)NC(=O)[C@@H](NC(=O)OC(C)(C)C)C(C)C)C(=O)NC[C@@H](C)c1ccccc1. The minimum Gasteiger partial charge on any atom is -0.444 e. The molecule has 4 amide bonds. The van der Waals surface area contributed by atoms with E-state index in [0.29, 0.717) is 19.4 Å². The monoisotopic (exact) mass is 580 g/mol. The van der Waals surface area contributed by atoms with Crippen LogP contribution in [0.4, 0.5) is 4.79 Å². The van der Waals surface area contributed by atoms with Crippen molar-refractivity contribution in [2.24, 2.45) is 5.92 Å². The molecule has 0 saturated heterocycles. The van der Waals surface area contributed by atoms with E-state index in [2.05, 4.69) is 21.3 Å². The van der Waals surface area contributed by atoms with Gasteiger partial charge in [-0.15, -0.1) is 0 Å². The van der Waals surface area contributed by atoms with Gasteiger partial charge in [0.1, 0.15) is 23.7 Å². The van der Waals surface area contributed by atoms with Gasteiger partial charge in [-0.2, -0.15) is 0 Å². The van der Waals surface area contributed by atoms with E-state index in [0.717, 1.165) is 11.1 Å². The number of rotatable bonds is 14. The second-order valence-electron chi connectivity index (χ2n) is 12.0. The number of carbonyl (C=O) groups excluding carboxylic acids is 4. The Bertz CT molecular complexity index is 1150. The van der Waals surface area contributed by atoms with E-state index in [1.165, 1.54) is 0 Å². The predicted molar refractivity (Wildman–Crippen MR) is 165 cm³/mol. The maximum atomic E-state index is 13.6. The Morgan fingerprint density at radius 2 is 1.33 bits per heavy atom. The summed E-state index contributed by atoms with van der Waals surface area (Å²) in [5.41, 5.74) is 1.22. The van der Waals surface area contributed by atoms with Crippen molar-refractivity contribution in [3.8, 4) is 0 Å². The third-order valence-electron chi connectivity index (χ3n) is 6.70. The summed E-state index contributed by atoms with van der Waals surface area (Å²) >= 11 is 0. The van der Waals surface area contributed by atoms with E-state index in [4.69, 9.17) is 4.74 Å². The van der Waals surface area contributed by atoms with Gasteiger partial charge in [-0.1, -0.05) is 94.8 Å². The van der Waals surface area contributed by atoms with Gasteiger partial charge in [-0.3, -0.25) is 14.4 Å². The number of hydrogen-bond donors (Lipinski definition) is 4. The van der Waals surface area contributed by atoms with Crippen LogP contribution in [0.3, 0.4) is 0 Å². The summed E-state index contributed by atoms with van der Waals surface area (Å²) in [5, 5.41) is 11.3. The van der Waals surface area contributed by atoms with E-state index >= 15 is 0 Å². The van der Waals surface area contributed by atoms with E-state index in [-0.39, 0.29) is 24.2 Å². The third kappa shape index (κ3) is 11.9. The third-order valence-corrected chi connectivity index (χ3v) is 6.70. The Kier molecular flexibility index (Phi) is 13.5. The largest absolute Gasteiger partial charge is 0.444 e. The lowest BCUT2D eigenvalue weighted by atomic mass is 10.00. The number of benzene rings is 2. The smallest absolute Gasteiger partial charge is 0.408 e. The molecular formula is C33H48N4O5. The molecule has 0 aromatic heterocycles. The molecule has 0 saturated carbocycles. The molecule has 0 unspecified atom stereocenters. The molecule has 2 aromatic rings. The second kappa shape index (κ2) is 16.5. The van der Waals surface area contributed by atoms with Gasteiger partial charge in [-0.25, -0.2) is 4.79 Å². The van der Waals surface area contributed by atoms with Crippen molar-refractivity contribution < 1.29 is 23.9 Å². The quantitative estimate of drug-likeness (QED) is 0.262. The summed E-state index contributed by atoms with van der Waals surface area (Å²) in [6.45, 7) is 13.2. The van der Waals surface area contributed by atoms with Crippen LogP contribution in [0, 0.1) is 5.92 Å². The fourth-order valence-electron chi connectivity index (χ4n) is 4.40. The maximum Gasteiger partial charge on any atom is 0.408 e. The Labute approximate surface area is 250 Å². The highest BCUT2D eigenvalue weighted by atomic mass is 16.6. The highest BCUT2D eigenvalue weighted by Gasteiger charge is 2.32. The molecule has 0 aliphatic carbocycles. The Balaban J connectivity index is 2.17. The minimum absolute atomic E-state index is 0.101. The van der Waals surface area contributed by atoms with Crippen LogP contribution in [-0.4, -0.2) is 54.1 Å². The molecule has 42 heavy (non-hydrogen) atoms. The van der Waals surface area contributed by atoms with Crippen LogP contribution in [0.1, 0.15) is 78.4 Å². The predicted octanol–water partition coefficient (Wildman–Crippen LogP) is 4.47. The summed E-state index contributed by atoms with van der Waals surface area (Å²) in [7, 11) is 0. The molecule has 0 radical (unpaired) electrons. The summed E-state index contributed by atoms with van der Waals surface area (Å²) in [5.74, 6) is -1.44. The molecule has 0 fully saturated rings. The highest BCUT2D eigenvalue weighted by molar-refractivity contribution is 5.94. The van der Waals surface area contributed by atoms with Crippen molar-refractivity contribution in [1.82, 2.24) is 21.3 Å². The van der Waals surface area contributed by atoms with E-state index in [1.54, 1.807) is 34.6 Å². The summed E-state index contributed by atoms with van der Waals surface area (Å²) in [6.07, 6.45) is 0.612. The van der Waals surface area contributed by atoms with Crippen molar-refractivity contribution in [3.63, 3.8) is 0 Å². The van der Waals surface area contributed by atoms with E-state index in [9.17, 15) is 19.2 Å². The highest BCUT2D eigenvalue weighted by Crippen LogP contribution is 2.14. The number of nitrogens with one attached hydrogen (secondary N) is 4. The van der Waals surface area contributed by atoms with E-state index in [1.807, 2.05) is 74.5 Å². The maximum absolute atomic E-state index is 13.6. The number of alkyl carbamates (subject to hydrolysis) is 1. The molecule has 2 rings (SSSR count). The molecule has 4 N–H and O–H groups in total. The lowest BCUT2D eigenvalue weighted by molar-refractivity contribution is -0.133. The van der Waals surface area contributed by atoms with Crippen LogP contribution in [0.5, 0.6) is 0 Å². The average molecular weight is 581 g/mol. The van der Waals surface area contributed by atoms with Gasteiger partial charge >= 0.3 is 6.09 Å². The minimum atomic E-state index is -0.975. The van der Waals surface area contributed by atoms with Gasteiger partial charge in [0.15, 0.2) is 0 Å². The number of amides is 4.